The lowest BCUT2D eigenvalue weighted by Gasteiger charge is -2.37. The van der Waals surface area contributed by atoms with Gasteiger partial charge in [-0.3, -0.25) is 48.9 Å². The lowest BCUT2D eigenvalue weighted by atomic mass is 9.79. The first-order valence-electron chi connectivity index (χ1n) is 25.0. The molecule has 0 radical (unpaired) electrons. The van der Waals surface area contributed by atoms with Crippen LogP contribution in [0.5, 0.6) is 0 Å². The third kappa shape index (κ3) is 15.1. The van der Waals surface area contributed by atoms with Gasteiger partial charge in [0.2, 0.25) is 23.7 Å². The first-order chi connectivity index (χ1) is 38.1. The van der Waals surface area contributed by atoms with E-state index in [1.807, 2.05) is 92.7 Å². The third-order valence-electron chi connectivity index (χ3n) is 12.4. The van der Waals surface area contributed by atoms with Gasteiger partial charge < -0.3 is 39.7 Å². The summed E-state index contributed by atoms with van der Waals surface area (Å²) in [6, 6.07) is 26.1. The van der Waals surface area contributed by atoms with E-state index in [9.17, 15) is 44.7 Å². The fourth-order valence-electron chi connectivity index (χ4n) is 8.29. The number of aliphatic hydroxyl groups excluding tert-OH is 5. The first kappa shape index (κ1) is 63.6. The zero-order valence-electron chi connectivity index (χ0n) is 44.6. The van der Waals surface area contributed by atoms with E-state index < -0.39 is 78.7 Å². The number of amides is 2. The molecule has 6 heterocycles. The van der Waals surface area contributed by atoms with Crippen molar-refractivity contribution in [3.05, 3.63) is 140 Å². The number of fused-ring (bicyclic) bond motifs is 2. The van der Waals surface area contributed by atoms with Crippen molar-refractivity contribution < 1.29 is 52.1 Å². The molecule has 9 atom stereocenters. The van der Waals surface area contributed by atoms with Crippen LogP contribution in [-0.4, -0.2) is 133 Å². The number of aryl methyl sites for hydroxylation is 2. The third-order valence-corrected chi connectivity index (χ3v) is 16.9. The van der Waals surface area contributed by atoms with Gasteiger partial charge in [-0.1, -0.05) is 133 Å². The van der Waals surface area contributed by atoms with Gasteiger partial charge in [0.15, 0.2) is 34.8 Å². The van der Waals surface area contributed by atoms with Gasteiger partial charge in [-0.25, -0.2) is 9.97 Å². The van der Waals surface area contributed by atoms with Crippen molar-refractivity contribution >= 4 is 107 Å². The molecule has 0 spiro atoms. The molecule has 7 aromatic rings. The SMILES string of the molecule is C.C.CC(C)C(=O)Nc1nc2c(ncn2[C@@H]2O[C@H](CO)[C@H](O)C2O)c(=O)[nH]1.Cc1ccc(C(OC[C@H]2O[C@@H](n3cnc4c(=O)[nH]c(NC(=O)C(C)C)nc43)C(O)[C@H]2O)(c2ccccc2)c2ccc(C)cc2)cc1.S=S=S=S=S.[2H]C([3H])Cl. The van der Waals surface area contributed by atoms with Crippen LogP contribution in [0.4, 0.5) is 11.9 Å². The number of hydrogen-bond acceptors (Lipinski definition) is 18. The van der Waals surface area contributed by atoms with Crippen LogP contribution >= 0.6 is 11.6 Å². The predicted molar refractivity (Wildman–Crippen MR) is 319 cm³/mol. The topological polar surface area (TPSA) is 314 Å². The molecule has 22 nitrogen and oxygen atoms in total. The Balaban J connectivity index is 0.000000337. The van der Waals surface area contributed by atoms with E-state index in [-0.39, 0.29) is 79.3 Å². The van der Waals surface area contributed by atoms with Gasteiger partial charge in [0.25, 0.3) is 11.1 Å². The zero-order chi connectivity index (χ0) is 58.6. The Hall–Kier alpha value is -5.63. The maximum Gasteiger partial charge on any atom is 0.280 e. The molecule has 2 fully saturated rings. The molecule has 9 rings (SSSR count). The molecule has 2 aliphatic rings. The van der Waals surface area contributed by atoms with Gasteiger partial charge in [0.1, 0.15) is 42.2 Å². The normalized spacial score (nSPS) is 20.9. The number of carbonyl (C=O) groups is 2. The average Bonchev–Trinajstić information content (AvgIpc) is 3.64. The summed E-state index contributed by atoms with van der Waals surface area (Å²) in [5.74, 6) is -1.45. The lowest BCUT2D eigenvalue weighted by Crippen LogP contribution is -2.39. The molecule has 3 unspecified atom stereocenters. The molecule has 434 valence electrons. The summed E-state index contributed by atoms with van der Waals surface area (Å²) >= 11 is 13.5. The van der Waals surface area contributed by atoms with Crippen molar-refractivity contribution in [1.82, 2.24) is 39.0 Å². The predicted octanol–water partition coefficient (Wildman–Crippen LogP) is 4.40. The van der Waals surface area contributed by atoms with Crippen molar-refractivity contribution in [2.24, 2.45) is 11.8 Å². The van der Waals surface area contributed by atoms with E-state index in [1.165, 1.54) is 48.4 Å². The fourth-order valence-corrected chi connectivity index (χ4v) is 11.0. The highest BCUT2D eigenvalue weighted by molar-refractivity contribution is 8.59. The van der Waals surface area contributed by atoms with Crippen LogP contribution in [0.1, 0.15) is 85.6 Å². The number of imidazole rings is 2. The number of nitrogens with zero attached hydrogens (tertiary/aromatic N) is 6. The number of anilines is 2. The minimum Gasteiger partial charge on any atom is -0.394 e. The molecule has 0 saturated carbocycles. The van der Waals surface area contributed by atoms with Crippen LogP contribution < -0.4 is 21.8 Å². The van der Waals surface area contributed by atoms with Crippen molar-refractivity contribution in [1.29, 1.82) is 0 Å². The van der Waals surface area contributed by atoms with E-state index >= 15 is 0 Å². The first-order valence-corrected chi connectivity index (χ1v) is 29.6. The Morgan fingerprint density at radius 2 is 1.12 bits per heavy atom. The highest BCUT2D eigenvalue weighted by Crippen LogP contribution is 2.42. The number of hydrogen-bond donors (Lipinski definition) is 9. The van der Waals surface area contributed by atoms with Crippen LogP contribution in [0.2, 0.25) is 0 Å². The summed E-state index contributed by atoms with van der Waals surface area (Å²) in [4.78, 5) is 70.5. The second-order valence-corrected chi connectivity index (χ2v) is 23.6. The molecule has 9 N–H and O–H groups in total. The Labute approximate surface area is 488 Å². The van der Waals surface area contributed by atoms with E-state index in [0.29, 0.717) is 0 Å². The largest absolute Gasteiger partial charge is 0.394 e. The summed E-state index contributed by atoms with van der Waals surface area (Å²) in [7, 11) is 3.95. The van der Waals surface area contributed by atoms with Gasteiger partial charge in [0.05, 0.1) is 25.9 Å². The number of aromatic nitrogens is 8. The van der Waals surface area contributed by atoms with E-state index in [4.69, 9.17) is 17.0 Å². The molecule has 2 amide bonds. The number of carbonyl (C=O) groups excluding carboxylic acids is 2. The Kier molecular flexibility index (Phi) is 24.2. The second-order valence-electron chi connectivity index (χ2n) is 18.3. The van der Waals surface area contributed by atoms with Gasteiger partial charge >= 0.3 is 0 Å². The molecule has 28 heteroatoms. The van der Waals surface area contributed by atoms with Gasteiger partial charge in [-0.15, -0.1) is 11.6 Å². The van der Waals surface area contributed by atoms with Gasteiger partial charge in [-0.05, 0) is 30.5 Å². The second kappa shape index (κ2) is 30.4. The number of benzene rings is 3. The van der Waals surface area contributed by atoms with Crippen LogP contribution in [0, 0.1) is 25.7 Å². The fraction of sp³-hybridized carbons (Fsp3) is 0.423. The molecule has 2 saturated heterocycles. The molecule has 2 aliphatic heterocycles. The average molecular weight is 1220 g/mol. The number of aliphatic hydroxyl groups is 5. The van der Waals surface area contributed by atoms with Crippen LogP contribution in [0.15, 0.2) is 101 Å². The highest BCUT2D eigenvalue weighted by atomic mass is 35.5. The quantitative estimate of drug-likeness (QED) is 0.0571. The van der Waals surface area contributed by atoms with E-state index in [1.54, 1.807) is 27.7 Å². The number of alkyl halides is 1. The minimum atomic E-state index is -1.40. The van der Waals surface area contributed by atoms with Crippen molar-refractivity contribution in [2.75, 3.05) is 30.2 Å². The molecular weight excluding hydrogens is 1150 g/mol. The number of H-pyrrole nitrogens is 2. The maximum absolute atomic E-state index is 12.8. The Morgan fingerprint density at radius 1 is 0.738 bits per heavy atom. The summed E-state index contributed by atoms with van der Waals surface area (Å²) < 4.78 is 33.2. The summed E-state index contributed by atoms with van der Waals surface area (Å²) in [5, 5.41) is 56.7. The van der Waals surface area contributed by atoms with Crippen molar-refractivity contribution in [2.45, 2.75) is 111 Å². The van der Waals surface area contributed by atoms with Gasteiger partial charge in [-0.2, -0.15) is 9.97 Å². The smallest absolute Gasteiger partial charge is 0.280 e. The molecule has 3 aromatic carbocycles. The number of ether oxygens (including phenoxy) is 3. The number of aromatic amines is 2. The lowest BCUT2D eigenvalue weighted by molar-refractivity contribution is -0.119. The summed E-state index contributed by atoms with van der Waals surface area (Å²) in [6.07, 6.45) is -8.17. The summed E-state index contributed by atoms with van der Waals surface area (Å²) in [5.41, 5.74) is 2.77. The Bertz CT molecular complexity index is 3430. The number of rotatable bonds is 13. The zero-order valence-corrected chi connectivity index (χ0v) is 47.5. The number of nitrogens with one attached hydrogen (secondary N) is 4. The monoisotopic (exact) mass is 1220 g/mol. The molecule has 0 aliphatic carbocycles. The van der Waals surface area contributed by atoms with Gasteiger partial charge in [0, 0.05) is 69.9 Å². The van der Waals surface area contributed by atoms with Crippen LogP contribution in [-0.2, 0) is 78.4 Å². The van der Waals surface area contributed by atoms with Crippen molar-refractivity contribution in [3.63, 3.8) is 0 Å². The van der Waals surface area contributed by atoms with Crippen molar-refractivity contribution in [3.8, 4) is 0 Å². The molecule has 0 bridgehead atoms. The summed E-state index contributed by atoms with van der Waals surface area (Å²) in [6.45, 7) is 10.3. The highest BCUT2D eigenvalue weighted by Gasteiger charge is 2.47. The standard InChI is InChI=1S/C35H37N5O6.C14H19N5O6.CH3Cl.2CH4.S5/c1-20(2)31(43)38-34-37-30-27(32(44)39-34)36-19-40(30)33-29(42)28(41)26(46-33)18-45-35(23-8-6-5-7-9-23,24-14-10-21(3)11-15-24)25-16-12-22(4)13-17-25;1-5(2)11(23)17-14-16-10-7(12(24)18-14)15-4-19(10)13-9(22)8(21)6(3-20)25-13;1-2;;;1-3-5-4-2/h5-17,19-20,26,28-29,33,41-42H,18H2,1-4H3,(H2,37,38,39,43,44);4-6,8-9,13,20-22H,3H2,1-2H3,(H2,16,17,18,23,24);1H3;2*1H4;/t26-,28+,29?,33-;6-,8+,9?,13-;;;;/m11..../s1/i;;1TD;;;. The minimum absolute atomic E-state index is 0. The molecule has 80 heavy (non-hydrogen) atoms. The van der Waals surface area contributed by atoms with Crippen LogP contribution in [0.3, 0.4) is 0 Å². The van der Waals surface area contributed by atoms with E-state index in [0.717, 1.165) is 27.8 Å². The molecular formula is C52H67ClN10O12S5. The van der Waals surface area contributed by atoms with Crippen LogP contribution in [0.25, 0.3) is 22.3 Å². The maximum atomic E-state index is 12.8. The Morgan fingerprint density at radius 3 is 1.49 bits per heavy atom. The van der Waals surface area contributed by atoms with E-state index in [2.05, 4.69) is 74.5 Å². The molecule has 4 aromatic heterocycles. The number of halogens is 1.